The van der Waals surface area contributed by atoms with Crippen LogP contribution in [0.3, 0.4) is 0 Å². The van der Waals surface area contributed by atoms with Gasteiger partial charge in [-0.1, -0.05) is 0 Å². The van der Waals surface area contributed by atoms with Gasteiger partial charge in [0.15, 0.2) is 0 Å². The van der Waals surface area contributed by atoms with Crippen molar-refractivity contribution in [2.45, 2.75) is 19.3 Å². The number of esters is 1. The molecule has 0 unspecified atom stereocenters. The van der Waals surface area contributed by atoms with Gasteiger partial charge in [0, 0.05) is 5.75 Å². The van der Waals surface area contributed by atoms with Crippen LogP contribution in [0, 0.1) is 5.41 Å². The average molecular weight is 218 g/mol. The smallest absolute Gasteiger partial charge is 0.313 e. The van der Waals surface area contributed by atoms with Gasteiger partial charge in [-0.05, 0) is 18.3 Å². The maximum Gasteiger partial charge on any atom is 0.313 e. The Labute approximate surface area is 87.0 Å². The monoisotopic (exact) mass is 218 g/mol. The van der Waals surface area contributed by atoms with E-state index in [-0.39, 0.29) is 17.1 Å². The summed E-state index contributed by atoms with van der Waals surface area (Å²) in [6.07, 6.45) is 2.44. The van der Waals surface area contributed by atoms with Crippen molar-refractivity contribution in [2.24, 2.45) is 5.41 Å². The molecule has 0 heterocycles. The highest BCUT2D eigenvalue weighted by atomic mass is 32.2. The molecule has 0 aromatic carbocycles. The predicted molar refractivity (Wildman–Crippen MR) is 53.3 cm³/mol. The minimum absolute atomic E-state index is 0.0349. The first-order chi connectivity index (χ1) is 6.58. The van der Waals surface area contributed by atoms with Gasteiger partial charge in [0.2, 0.25) is 0 Å². The molecule has 4 nitrogen and oxygen atoms in total. The van der Waals surface area contributed by atoms with Crippen molar-refractivity contribution in [3.8, 4) is 0 Å². The molecule has 80 valence electrons. The zero-order valence-electron chi connectivity index (χ0n) is 8.12. The Balaban J connectivity index is 2.22. The van der Waals surface area contributed by atoms with Crippen molar-refractivity contribution in [3.05, 3.63) is 0 Å². The van der Waals surface area contributed by atoms with Gasteiger partial charge < -0.3 is 9.84 Å². The third-order valence-corrected chi connectivity index (χ3v) is 3.61. The van der Waals surface area contributed by atoms with Crippen molar-refractivity contribution in [3.63, 3.8) is 0 Å². The number of aliphatic carboxylic acids is 1. The molecule has 14 heavy (non-hydrogen) atoms. The maximum absolute atomic E-state index is 11.0. The van der Waals surface area contributed by atoms with Crippen LogP contribution in [0.4, 0.5) is 0 Å². The van der Waals surface area contributed by atoms with E-state index in [1.807, 2.05) is 0 Å². The average Bonchev–Trinajstić information content (AvgIpc) is 2.84. The molecule has 0 aliphatic heterocycles. The summed E-state index contributed by atoms with van der Waals surface area (Å²) in [7, 11) is 1.38. The van der Waals surface area contributed by atoms with Crippen LogP contribution in [0.1, 0.15) is 19.3 Å². The molecule has 0 aromatic rings. The fourth-order valence-electron chi connectivity index (χ4n) is 1.28. The van der Waals surface area contributed by atoms with Crippen LogP contribution < -0.4 is 0 Å². The Morgan fingerprint density at radius 3 is 2.57 bits per heavy atom. The number of hydrogen-bond acceptors (Lipinski definition) is 4. The Kier molecular flexibility index (Phi) is 3.80. The third kappa shape index (κ3) is 3.57. The molecular weight excluding hydrogens is 204 g/mol. The lowest BCUT2D eigenvalue weighted by Crippen LogP contribution is -2.14. The van der Waals surface area contributed by atoms with Crippen LogP contribution in [0.5, 0.6) is 0 Å². The van der Waals surface area contributed by atoms with Crippen LogP contribution in [0.15, 0.2) is 0 Å². The minimum Gasteiger partial charge on any atom is -0.481 e. The highest BCUT2D eigenvalue weighted by Crippen LogP contribution is 2.51. The Hall–Kier alpha value is -0.710. The molecule has 1 aliphatic rings. The normalized spacial score (nSPS) is 17.5. The van der Waals surface area contributed by atoms with Gasteiger partial charge in [-0.15, -0.1) is 11.8 Å². The molecule has 0 spiro atoms. The Morgan fingerprint density at radius 1 is 1.50 bits per heavy atom. The van der Waals surface area contributed by atoms with Gasteiger partial charge in [0.05, 0.1) is 19.3 Å². The highest BCUT2D eigenvalue weighted by molar-refractivity contribution is 7.99. The van der Waals surface area contributed by atoms with Crippen LogP contribution in [-0.4, -0.2) is 35.7 Å². The van der Waals surface area contributed by atoms with Crippen molar-refractivity contribution in [1.29, 1.82) is 0 Å². The predicted octanol–water partition coefficient (Wildman–Crippen LogP) is 1.15. The topological polar surface area (TPSA) is 63.6 Å². The maximum atomic E-state index is 11.0. The highest BCUT2D eigenvalue weighted by Gasteiger charge is 2.44. The zero-order valence-corrected chi connectivity index (χ0v) is 8.93. The fourth-order valence-corrected chi connectivity index (χ4v) is 2.38. The summed E-state index contributed by atoms with van der Waals surface area (Å²) < 4.78 is 4.59. The van der Waals surface area contributed by atoms with Crippen LogP contribution >= 0.6 is 11.8 Å². The summed E-state index contributed by atoms with van der Waals surface area (Å²) in [4.78, 5) is 21.3. The van der Waals surface area contributed by atoms with Gasteiger partial charge in [0.25, 0.3) is 0 Å². The third-order valence-electron chi connectivity index (χ3n) is 2.34. The number of hydrogen-bond donors (Lipinski definition) is 1. The van der Waals surface area contributed by atoms with E-state index in [2.05, 4.69) is 4.74 Å². The van der Waals surface area contributed by atoms with E-state index >= 15 is 0 Å². The second kappa shape index (κ2) is 4.68. The lowest BCUT2D eigenvalue weighted by Gasteiger charge is -2.11. The van der Waals surface area contributed by atoms with E-state index in [1.54, 1.807) is 0 Å². The molecule has 1 fully saturated rings. The molecule has 0 bridgehead atoms. The Bertz CT molecular complexity index is 235. The second-order valence-electron chi connectivity index (χ2n) is 3.64. The summed E-state index contributed by atoms with van der Waals surface area (Å²) in [6, 6.07) is 0. The number of methoxy groups -OCH3 is 1. The van der Waals surface area contributed by atoms with Crippen LogP contribution in [-0.2, 0) is 14.3 Å². The number of rotatable bonds is 6. The molecule has 5 heteroatoms. The van der Waals surface area contributed by atoms with Crippen molar-refractivity contribution in [1.82, 2.24) is 0 Å². The lowest BCUT2D eigenvalue weighted by molar-refractivity contribution is -0.141. The van der Waals surface area contributed by atoms with Crippen molar-refractivity contribution in [2.75, 3.05) is 18.6 Å². The van der Waals surface area contributed by atoms with Gasteiger partial charge in [-0.2, -0.15) is 0 Å². The number of carboxylic acid groups (broad SMARTS) is 1. The summed E-state index contributed by atoms with van der Waals surface area (Å²) in [5.41, 5.74) is 0.0349. The largest absolute Gasteiger partial charge is 0.481 e. The molecular formula is C9H14O4S. The van der Waals surface area contributed by atoms with E-state index in [9.17, 15) is 9.59 Å². The summed E-state index contributed by atoms with van der Waals surface area (Å²) in [5, 5.41) is 8.45. The van der Waals surface area contributed by atoms with Gasteiger partial charge in [-0.3, -0.25) is 9.59 Å². The van der Waals surface area contributed by atoms with E-state index in [1.165, 1.54) is 18.9 Å². The molecule has 1 N–H and O–H groups in total. The first-order valence-electron chi connectivity index (χ1n) is 4.44. The van der Waals surface area contributed by atoms with Gasteiger partial charge >= 0.3 is 11.9 Å². The number of thioether (sulfide) groups is 1. The number of ether oxygens (including phenoxy) is 1. The van der Waals surface area contributed by atoms with Gasteiger partial charge in [0.1, 0.15) is 0 Å². The molecule has 0 amide bonds. The summed E-state index contributed by atoms with van der Waals surface area (Å²) in [6.45, 7) is 0. The molecule has 0 atom stereocenters. The zero-order chi connectivity index (χ0) is 10.6. The second-order valence-corrected chi connectivity index (χ2v) is 4.63. The van der Waals surface area contributed by atoms with Crippen molar-refractivity contribution >= 4 is 23.7 Å². The summed E-state index contributed by atoms with van der Waals surface area (Å²) >= 11 is 1.38. The van der Waals surface area contributed by atoms with Crippen LogP contribution in [0.2, 0.25) is 0 Å². The molecule has 1 aliphatic carbocycles. The van der Waals surface area contributed by atoms with Crippen molar-refractivity contribution < 1.29 is 19.4 Å². The van der Waals surface area contributed by atoms with E-state index in [4.69, 9.17) is 5.11 Å². The lowest BCUT2D eigenvalue weighted by atomic mass is 10.1. The van der Waals surface area contributed by atoms with E-state index < -0.39 is 5.97 Å². The van der Waals surface area contributed by atoms with E-state index in [0.29, 0.717) is 6.42 Å². The molecule has 0 radical (unpaired) electrons. The molecule has 1 saturated carbocycles. The molecule has 0 aromatic heterocycles. The Morgan fingerprint density at radius 2 is 2.14 bits per heavy atom. The first kappa shape index (κ1) is 11.4. The van der Waals surface area contributed by atoms with Crippen LogP contribution in [0.25, 0.3) is 0 Å². The van der Waals surface area contributed by atoms with Gasteiger partial charge in [-0.25, -0.2) is 0 Å². The molecule has 0 saturated heterocycles. The number of carboxylic acids is 1. The first-order valence-corrected chi connectivity index (χ1v) is 5.60. The number of carbonyl (C=O) groups is 2. The quantitative estimate of drug-likeness (QED) is 0.677. The van der Waals surface area contributed by atoms with E-state index in [0.717, 1.165) is 18.6 Å². The number of carbonyl (C=O) groups excluding carboxylic acids is 1. The fraction of sp³-hybridized carbons (Fsp3) is 0.778. The SMILES string of the molecule is COC(=O)CC1(CSCC(=O)O)CC1. The standard InChI is InChI=1S/C9H14O4S/c1-13-8(12)4-9(2-3-9)6-14-5-7(10)11/h2-6H2,1H3,(H,10,11). The summed E-state index contributed by atoms with van der Waals surface area (Å²) in [5.74, 6) is -0.139. The molecule has 1 rings (SSSR count). The minimum atomic E-state index is -0.802.